The summed E-state index contributed by atoms with van der Waals surface area (Å²) in [6.45, 7) is 2.83. The monoisotopic (exact) mass is 443 g/mol. The maximum absolute atomic E-state index is 13.1. The fourth-order valence-electron chi connectivity index (χ4n) is 3.32. The van der Waals surface area contributed by atoms with Gasteiger partial charge < -0.3 is 15.4 Å². The van der Waals surface area contributed by atoms with Crippen LogP contribution in [0.2, 0.25) is 10.0 Å². The van der Waals surface area contributed by atoms with Gasteiger partial charge in [0.2, 0.25) is 0 Å². The molecule has 1 saturated heterocycles. The van der Waals surface area contributed by atoms with E-state index >= 15 is 0 Å². The lowest BCUT2D eigenvalue weighted by atomic mass is 10.1. The van der Waals surface area contributed by atoms with Gasteiger partial charge in [0, 0.05) is 48.7 Å². The van der Waals surface area contributed by atoms with Gasteiger partial charge in [0.15, 0.2) is 11.6 Å². The second-order valence-corrected chi connectivity index (χ2v) is 7.64. The van der Waals surface area contributed by atoms with Gasteiger partial charge in [-0.3, -0.25) is 9.78 Å². The molecule has 0 unspecified atom stereocenters. The van der Waals surface area contributed by atoms with E-state index in [1.807, 2.05) is 6.07 Å². The number of carbonyl (C=O) groups is 1. The Morgan fingerprint density at radius 3 is 2.70 bits per heavy atom. The highest BCUT2D eigenvalue weighted by atomic mass is 35.5. The molecule has 0 atom stereocenters. The zero-order valence-corrected chi connectivity index (χ0v) is 17.5. The van der Waals surface area contributed by atoms with Crippen molar-refractivity contribution in [3.05, 3.63) is 64.2 Å². The topological polar surface area (TPSA) is 94.2 Å². The van der Waals surface area contributed by atoms with Crippen LogP contribution in [0.5, 0.6) is 0 Å². The van der Waals surface area contributed by atoms with Gasteiger partial charge in [-0.05, 0) is 18.2 Å². The molecule has 4 rings (SSSR count). The molecule has 7 nitrogen and oxygen atoms in total. The maximum Gasteiger partial charge on any atom is 0.189 e. The fraction of sp³-hybridized carbons (Fsp3) is 0.238. The molecule has 0 spiro atoms. The Balaban J connectivity index is 1.62. The number of Topliss-reactive ketones (excluding diaryl/α,β-unsaturated/α-hetero) is 1. The number of pyridine rings is 1. The van der Waals surface area contributed by atoms with Gasteiger partial charge in [-0.15, -0.1) is 0 Å². The first-order chi connectivity index (χ1) is 14.5. The van der Waals surface area contributed by atoms with Crippen molar-refractivity contribution in [2.24, 2.45) is 0 Å². The number of benzene rings is 1. The molecular weight excluding hydrogens is 425 g/mol. The minimum Gasteiger partial charge on any atom is -0.382 e. The number of nitrogens with two attached hydrogens (primary N) is 1. The Labute approximate surface area is 183 Å². The molecule has 2 N–H and O–H groups in total. The van der Waals surface area contributed by atoms with Crippen LogP contribution in [-0.4, -0.2) is 47.0 Å². The van der Waals surface area contributed by atoms with Crippen molar-refractivity contribution < 1.29 is 9.53 Å². The fourth-order valence-corrected chi connectivity index (χ4v) is 3.62. The summed E-state index contributed by atoms with van der Waals surface area (Å²) in [6.07, 6.45) is 5.05. The number of carbonyl (C=O) groups excluding carboxylic acids is 1. The number of nitrogen functional groups attached to an aromatic ring is 1. The average Bonchev–Trinajstić information content (AvgIpc) is 2.77. The molecular formula is C21H19Cl2N5O2. The Morgan fingerprint density at radius 2 is 1.93 bits per heavy atom. The van der Waals surface area contributed by atoms with Crippen LogP contribution in [0.3, 0.4) is 0 Å². The van der Waals surface area contributed by atoms with Crippen molar-refractivity contribution in [1.82, 2.24) is 15.0 Å². The van der Waals surface area contributed by atoms with E-state index in [4.69, 9.17) is 33.7 Å². The van der Waals surface area contributed by atoms with Gasteiger partial charge in [-0.1, -0.05) is 29.3 Å². The Morgan fingerprint density at radius 1 is 1.13 bits per heavy atom. The molecule has 0 radical (unpaired) electrons. The van der Waals surface area contributed by atoms with E-state index < -0.39 is 0 Å². The van der Waals surface area contributed by atoms with E-state index in [0.29, 0.717) is 34.5 Å². The second kappa shape index (κ2) is 8.95. The van der Waals surface area contributed by atoms with E-state index in [9.17, 15) is 4.79 Å². The highest BCUT2D eigenvalue weighted by Gasteiger charge is 2.20. The van der Waals surface area contributed by atoms with Gasteiger partial charge in [-0.2, -0.15) is 0 Å². The molecule has 9 heteroatoms. The summed E-state index contributed by atoms with van der Waals surface area (Å²) >= 11 is 12.1. The number of ketones is 1. The molecule has 30 heavy (non-hydrogen) atoms. The lowest BCUT2D eigenvalue weighted by Crippen LogP contribution is -2.37. The van der Waals surface area contributed by atoms with Gasteiger partial charge in [0.1, 0.15) is 5.69 Å². The highest BCUT2D eigenvalue weighted by Crippen LogP contribution is 2.28. The lowest BCUT2D eigenvalue weighted by molar-refractivity contribution is 0.0988. The highest BCUT2D eigenvalue weighted by molar-refractivity contribution is 6.42. The van der Waals surface area contributed by atoms with E-state index in [-0.39, 0.29) is 23.7 Å². The van der Waals surface area contributed by atoms with Crippen LogP contribution in [0.15, 0.2) is 42.9 Å². The largest absolute Gasteiger partial charge is 0.382 e. The lowest BCUT2D eigenvalue weighted by Gasteiger charge is -2.30. The summed E-state index contributed by atoms with van der Waals surface area (Å²) in [7, 11) is 0. The smallest absolute Gasteiger partial charge is 0.189 e. The van der Waals surface area contributed by atoms with Crippen molar-refractivity contribution in [2.75, 3.05) is 36.9 Å². The first kappa shape index (κ1) is 20.5. The zero-order valence-electron chi connectivity index (χ0n) is 16.0. The van der Waals surface area contributed by atoms with Crippen molar-refractivity contribution in [1.29, 1.82) is 0 Å². The maximum atomic E-state index is 13.1. The minimum absolute atomic E-state index is 0.0839. The first-order valence-corrected chi connectivity index (χ1v) is 10.2. The third-order valence-corrected chi connectivity index (χ3v) is 5.60. The Hall–Kier alpha value is -2.74. The molecule has 0 saturated carbocycles. The predicted molar refractivity (Wildman–Crippen MR) is 117 cm³/mol. The van der Waals surface area contributed by atoms with E-state index in [1.165, 1.54) is 6.20 Å². The van der Waals surface area contributed by atoms with Crippen LogP contribution in [-0.2, 0) is 11.2 Å². The summed E-state index contributed by atoms with van der Waals surface area (Å²) in [5.74, 6) is -0.148. The third-order valence-electron chi connectivity index (χ3n) is 4.86. The number of aromatic nitrogens is 3. The van der Waals surface area contributed by atoms with E-state index in [0.717, 1.165) is 24.3 Å². The van der Waals surface area contributed by atoms with Gasteiger partial charge in [-0.25, -0.2) is 9.97 Å². The number of hydrogen-bond acceptors (Lipinski definition) is 7. The molecule has 3 aromatic rings. The third kappa shape index (κ3) is 4.38. The van der Waals surface area contributed by atoms with Crippen molar-refractivity contribution >= 4 is 40.5 Å². The predicted octanol–water partition coefficient (Wildman–Crippen LogP) is 3.69. The minimum atomic E-state index is -0.232. The van der Waals surface area contributed by atoms with E-state index in [1.54, 1.807) is 30.6 Å². The molecule has 1 aliphatic rings. The molecule has 1 aliphatic heterocycles. The molecule has 1 aromatic carbocycles. The number of nitrogens with zero attached hydrogens (tertiary/aromatic N) is 4. The van der Waals surface area contributed by atoms with Crippen LogP contribution < -0.4 is 10.6 Å². The molecule has 0 aliphatic carbocycles. The molecule has 154 valence electrons. The number of morpholine rings is 1. The molecule has 1 fully saturated rings. The molecule has 0 bridgehead atoms. The number of rotatable bonds is 5. The number of anilines is 2. The quantitative estimate of drug-likeness (QED) is 0.600. The zero-order chi connectivity index (χ0) is 21.1. The second-order valence-electron chi connectivity index (χ2n) is 6.82. The first-order valence-electron chi connectivity index (χ1n) is 9.39. The SMILES string of the molecule is Nc1ncc(-c2ccc(Cl)c(Cl)c2)nc1C(=O)Cc1cnccc1N1CCOCC1. The van der Waals surface area contributed by atoms with Gasteiger partial charge in [0.25, 0.3) is 0 Å². The van der Waals surface area contributed by atoms with Crippen molar-refractivity contribution in [2.45, 2.75) is 6.42 Å². The normalized spacial score (nSPS) is 14.0. The summed E-state index contributed by atoms with van der Waals surface area (Å²) in [5.41, 5.74) is 9.06. The molecule has 0 amide bonds. The summed E-state index contributed by atoms with van der Waals surface area (Å²) in [6, 6.07) is 7.02. The standard InChI is InChI=1S/C21H19Cl2N5O2/c22-15-2-1-13(9-16(15)23)17-12-26-21(24)20(27-17)19(29)10-14-11-25-4-3-18(14)28-5-7-30-8-6-28/h1-4,9,11-12H,5-8,10H2,(H2,24,26). The van der Waals surface area contributed by atoms with Crippen molar-refractivity contribution in [3.63, 3.8) is 0 Å². The number of ether oxygens (including phenoxy) is 1. The van der Waals surface area contributed by atoms with E-state index in [2.05, 4.69) is 19.9 Å². The summed E-state index contributed by atoms with van der Waals surface area (Å²) in [4.78, 5) is 28.1. The number of halogens is 2. The Bertz CT molecular complexity index is 1090. The van der Waals surface area contributed by atoms with Gasteiger partial charge in [0.05, 0.1) is 35.1 Å². The molecule has 3 heterocycles. The number of hydrogen-bond donors (Lipinski definition) is 1. The average molecular weight is 444 g/mol. The van der Waals surface area contributed by atoms with Gasteiger partial charge >= 0.3 is 0 Å². The Kier molecular flexibility index (Phi) is 6.13. The van der Waals surface area contributed by atoms with Crippen LogP contribution in [0, 0.1) is 0 Å². The summed E-state index contributed by atoms with van der Waals surface area (Å²) < 4.78 is 5.42. The van der Waals surface area contributed by atoms with Crippen molar-refractivity contribution in [3.8, 4) is 11.3 Å². The molecule has 2 aromatic heterocycles. The van der Waals surface area contributed by atoms with Crippen LogP contribution >= 0.6 is 23.2 Å². The van der Waals surface area contributed by atoms with Crippen LogP contribution in [0.25, 0.3) is 11.3 Å². The summed E-state index contributed by atoms with van der Waals surface area (Å²) in [5, 5.41) is 0.832. The van der Waals surface area contributed by atoms with Crippen LogP contribution in [0.4, 0.5) is 11.5 Å². The van der Waals surface area contributed by atoms with Crippen LogP contribution in [0.1, 0.15) is 16.1 Å².